The lowest BCUT2D eigenvalue weighted by atomic mass is 10.2. The number of sulfonamides is 2. The van der Waals surface area contributed by atoms with Gasteiger partial charge in [0.25, 0.3) is 10.0 Å². The molecule has 27 heavy (non-hydrogen) atoms. The highest BCUT2D eigenvalue weighted by Crippen LogP contribution is 2.37. The van der Waals surface area contributed by atoms with Gasteiger partial charge in [-0.3, -0.25) is 4.31 Å². The van der Waals surface area contributed by atoms with Gasteiger partial charge in [0.1, 0.15) is 5.82 Å². The number of anilines is 1. The van der Waals surface area contributed by atoms with Crippen molar-refractivity contribution in [2.45, 2.75) is 22.4 Å². The van der Waals surface area contributed by atoms with Crippen LogP contribution in [0.5, 0.6) is 0 Å². The van der Waals surface area contributed by atoms with Gasteiger partial charge >= 0.3 is 6.18 Å². The fraction of sp³-hybridized carbons (Fsp3) is 0.200. The molecule has 2 N–H and O–H groups in total. The Labute approximate surface area is 152 Å². The van der Waals surface area contributed by atoms with E-state index in [9.17, 15) is 34.4 Å². The van der Waals surface area contributed by atoms with E-state index in [0.717, 1.165) is 16.4 Å². The van der Waals surface area contributed by atoms with E-state index < -0.39 is 42.5 Å². The van der Waals surface area contributed by atoms with E-state index in [1.54, 1.807) is 0 Å². The fourth-order valence-electron chi connectivity index (χ4n) is 2.78. The molecule has 0 atom stereocenters. The monoisotopic (exact) mass is 424 g/mol. The number of hydrogen-bond acceptors (Lipinski definition) is 4. The van der Waals surface area contributed by atoms with E-state index in [0.29, 0.717) is 11.6 Å². The molecule has 0 saturated heterocycles. The quantitative estimate of drug-likeness (QED) is 0.765. The number of primary sulfonamides is 1. The average molecular weight is 424 g/mol. The summed E-state index contributed by atoms with van der Waals surface area (Å²) in [6.45, 7) is -0.107. The Kier molecular flexibility index (Phi) is 4.48. The van der Waals surface area contributed by atoms with Crippen LogP contribution in [0.25, 0.3) is 0 Å². The minimum atomic E-state index is -5.05. The standard InChI is InChI=1S/C15H12F4N2O4S2/c16-13-3-1-11(8-12(13)15(17,18)19)27(24,25)21-6-5-9-7-10(26(20,22)23)2-4-14(9)21/h1-4,7-8H,5-6H2,(H2,20,22,23). The van der Waals surface area contributed by atoms with Gasteiger partial charge in [-0.2, -0.15) is 13.2 Å². The summed E-state index contributed by atoms with van der Waals surface area (Å²) >= 11 is 0. The number of alkyl halides is 3. The van der Waals surface area contributed by atoms with Crippen molar-refractivity contribution in [2.24, 2.45) is 5.14 Å². The fourth-order valence-corrected chi connectivity index (χ4v) is 4.88. The molecule has 6 nitrogen and oxygen atoms in total. The van der Waals surface area contributed by atoms with Crippen molar-refractivity contribution in [1.82, 2.24) is 0 Å². The Bertz CT molecular complexity index is 1130. The van der Waals surface area contributed by atoms with Crippen molar-refractivity contribution < 1.29 is 34.4 Å². The predicted octanol–water partition coefficient (Wildman–Crippen LogP) is 2.24. The maximum absolute atomic E-state index is 13.4. The van der Waals surface area contributed by atoms with Crippen LogP contribution in [0.4, 0.5) is 23.2 Å². The van der Waals surface area contributed by atoms with Gasteiger partial charge in [0.05, 0.1) is 21.0 Å². The lowest BCUT2D eigenvalue weighted by Gasteiger charge is -2.20. The summed E-state index contributed by atoms with van der Waals surface area (Å²) in [6, 6.07) is 4.96. The first-order chi connectivity index (χ1) is 12.3. The third-order valence-electron chi connectivity index (χ3n) is 4.06. The van der Waals surface area contributed by atoms with Crippen LogP contribution in [0.15, 0.2) is 46.2 Å². The first-order valence-corrected chi connectivity index (χ1v) is 10.4. The molecule has 0 fully saturated rings. The van der Waals surface area contributed by atoms with Crippen molar-refractivity contribution in [2.75, 3.05) is 10.8 Å². The van der Waals surface area contributed by atoms with Crippen LogP contribution >= 0.6 is 0 Å². The third kappa shape index (κ3) is 3.51. The first-order valence-electron chi connectivity index (χ1n) is 7.37. The Hall–Kier alpha value is -2.18. The molecule has 0 amide bonds. The topological polar surface area (TPSA) is 97.5 Å². The van der Waals surface area contributed by atoms with E-state index in [1.807, 2.05) is 0 Å². The van der Waals surface area contributed by atoms with Crippen LogP contribution < -0.4 is 9.44 Å². The first kappa shape index (κ1) is 19.6. The lowest BCUT2D eigenvalue weighted by molar-refractivity contribution is -0.140. The number of hydrogen-bond donors (Lipinski definition) is 1. The number of benzene rings is 2. The van der Waals surface area contributed by atoms with Crippen molar-refractivity contribution in [3.05, 3.63) is 53.3 Å². The average Bonchev–Trinajstić information content (AvgIpc) is 2.97. The molecule has 2 aromatic rings. The van der Waals surface area contributed by atoms with Crippen LogP contribution in [0.3, 0.4) is 0 Å². The summed E-state index contributed by atoms with van der Waals surface area (Å²) in [7, 11) is -8.40. The van der Waals surface area contributed by atoms with Crippen LogP contribution in [-0.4, -0.2) is 23.4 Å². The molecule has 3 rings (SSSR count). The predicted molar refractivity (Wildman–Crippen MR) is 87.5 cm³/mol. The summed E-state index contributed by atoms with van der Waals surface area (Å²) in [4.78, 5) is -0.929. The van der Waals surface area contributed by atoms with Crippen LogP contribution in [0.2, 0.25) is 0 Å². The molecule has 0 aromatic heterocycles. The zero-order valence-electron chi connectivity index (χ0n) is 13.4. The molecule has 0 saturated carbocycles. The van der Waals surface area contributed by atoms with Crippen LogP contribution in [0.1, 0.15) is 11.1 Å². The summed E-state index contributed by atoms with van der Waals surface area (Å²) in [6.07, 6.45) is -4.91. The van der Waals surface area contributed by atoms with Crippen LogP contribution in [0, 0.1) is 5.82 Å². The van der Waals surface area contributed by atoms with Crippen molar-refractivity contribution in [3.63, 3.8) is 0 Å². The largest absolute Gasteiger partial charge is 0.419 e. The zero-order chi connectivity index (χ0) is 20.2. The molecule has 0 spiro atoms. The molecule has 2 aromatic carbocycles. The normalized spacial score (nSPS) is 15.1. The van der Waals surface area contributed by atoms with Gasteiger partial charge in [-0.15, -0.1) is 0 Å². The summed E-state index contributed by atoms with van der Waals surface area (Å²) in [5.74, 6) is -1.58. The van der Waals surface area contributed by atoms with Gasteiger partial charge in [0.15, 0.2) is 0 Å². The highest BCUT2D eigenvalue weighted by Gasteiger charge is 2.37. The number of nitrogens with zero attached hydrogens (tertiary/aromatic N) is 1. The van der Waals surface area contributed by atoms with Crippen molar-refractivity contribution in [1.29, 1.82) is 0 Å². The second-order valence-corrected chi connectivity index (χ2v) is 9.23. The van der Waals surface area contributed by atoms with E-state index >= 15 is 0 Å². The highest BCUT2D eigenvalue weighted by atomic mass is 32.2. The molecule has 12 heteroatoms. The summed E-state index contributed by atoms with van der Waals surface area (Å²) < 4.78 is 101. The number of rotatable bonds is 3. The van der Waals surface area contributed by atoms with E-state index in [4.69, 9.17) is 5.14 Å². The van der Waals surface area contributed by atoms with Gasteiger partial charge in [0, 0.05) is 6.54 Å². The van der Waals surface area contributed by atoms with E-state index in [1.165, 1.54) is 12.1 Å². The molecule has 0 aliphatic carbocycles. The van der Waals surface area contributed by atoms with E-state index in [2.05, 4.69) is 0 Å². The number of nitrogens with two attached hydrogens (primary N) is 1. The molecule has 0 radical (unpaired) electrons. The maximum Gasteiger partial charge on any atom is 0.419 e. The van der Waals surface area contributed by atoms with Crippen LogP contribution in [-0.2, 0) is 32.6 Å². The Morgan fingerprint density at radius 2 is 1.59 bits per heavy atom. The molecule has 146 valence electrons. The van der Waals surface area contributed by atoms with Crippen molar-refractivity contribution in [3.8, 4) is 0 Å². The second-order valence-electron chi connectivity index (χ2n) is 5.80. The zero-order valence-corrected chi connectivity index (χ0v) is 15.0. The molecular weight excluding hydrogens is 412 g/mol. The minimum Gasteiger partial charge on any atom is -0.266 e. The molecule has 0 bridgehead atoms. The van der Waals surface area contributed by atoms with Gasteiger partial charge in [-0.1, -0.05) is 0 Å². The second kappa shape index (κ2) is 6.17. The molecule has 1 aliphatic rings. The third-order valence-corrected chi connectivity index (χ3v) is 6.78. The highest BCUT2D eigenvalue weighted by molar-refractivity contribution is 7.92. The number of fused-ring (bicyclic) bond motifs is 1. The smallest absolute Gasteiger partial charge is 0.266 e. The summed E-state index contributed by atoms with van der Waals surface area (Å²) in [5, 5.41) is 5.03. The van der Waals surface area contributed by atoms with E-state index in [-0.39, 0.29) is 29.6 Å². The molecule has 1 heterocycles. The van der Waals surface area contributed by atoms with Gasteiger partial charge in [0.2, 0.25) is 10.0 Å². The van der Waals surface area contributed by atoms with Crippen molar-refractivity contribution >= 4 is 25.7 Å². The van der Waals surface area contributed by atoms with Gasteiger partial charge in [-0.05, 0) is 48.4 Å². The number of halogens is 4. The Morgan fingerprint density at radius 1 is 0.963 bits per heavy atom. The molecular formula is C15H12F4N2O4S2. The SMILES string of the molecule is NS(=O)(=O)c1ccc2c(c1)CCN2S(=O)(=O)c1ccc(F)c(C(F)(F)F)c1. The lowest BCUT2D eigenvalue weighted by Crippen LogP contribution is -2.29. The molecule has 1 aliphatic heterocycles. The Balaban J connectivity index is 2.07. The minimum absolute atomic E-state index is 0.107. The Morgan fingerprint density at radius 3 is 2.19 bits per heavy atom. The van der Waals surface area contributed by atoms with Gasteiger partial charge in [-0.25, -0.2) is 26.4 Å². The summed E-state index contributed by atoms with van der Waals surface area (Å²) in [5.41, 5.74) is -1.20. The van der Waals surface area contributed by atoms with Gasteiger partial charge < -0.3 is 0 Å². The molecule has 0 unspecified atom stereocenters. The maximum atomic E-state index is 13.4.